The van der Waals surface area contributed by atoms with Gasteiger partial charge in [-0.1, -0.05) is 6.07 Å². The van der Waals surface area contributed by atoms with E-state index in [1.54, 1.807) is 40.0 Å². The van der Waals surface area contributed by atoms with Crippen LogP contribution in [0.4, 0.5) is 5.69 Å². The molecule has 7 nitrogen and oxygen atoms in total. The van der Waals surface area contributed by atoms with Gasteiger partial charge in [0.1, 0.15) is 12.4 Å². The number of nitrogens with one attached hydrogen (secondary N) is 1. The van der Waals surface area contributed by atoms with E-state index in [0.29, 0.717) is 12.4 Å². The quantitative estimate of drug-likeness (QED) is 0.746. The molecule has 3 aromatic rings. The lowest BCUT2D eigenvalue weighted by atomic mass is 10.3. The maximum absolute atomic E-state index is 12.1. The summed E-state index contributed by atoms with van der Waals surface area (Å²) in [4.78, 5) is 12.1. The number of nitrogens with zero attached hydrogens (tertiary/aromatic N) is 4. The average Bonchev–Trinajstić information content (AvgIpc) is 3.09. The largest absolute Gasteiger partial charge is 0.508 e. The molecule has 2 N–H and O–H groups in total. The van der Waals surface area contributed by atoms with Crippen molar-refractivity contribution in [2.75, 3.05) is 5.32 Å². The van der Waals surface area contributed by atoms with Crippen LogP contribution in [0.5, 0.6) is 5.75 Å². The predicted octanol–water partition coefficient (Wildman–Crippen LogP) is 2.31. The second-order valence-electron chi connectivity index (χ2n) is 4.58. The van der Waals surface area contributed by atoms with Gasteiger partial charge in [-0.05, 0) is 34.1 Å². The molecule has 0 unspecified atom stereocenters. The third kappa shape index (κ3) is 3.34. The van der Waals surface area contributed by atoms with Crippen molar-refractivity contribution in [2.45, 2.75) is 6.67 Å². The zero-order valence-electron chi connectivity index (χ0n) is 11.3. The number of hydrogen-bond donors (Lipinski definition) is 2. The highest BCUT2D eigenvalue weighted by Crippen LogP contribution is 2.16. The molecule has 1 amide bonds. The number of aromatic hydroxyl groups is 1. The first-order valence-corrected chi connectivity index (χ1v) is 7.21. The number of phenolic OH excluding ortho intramolecular Hbond substituents is 1. The second-order valence-corrected chi connectivity index (χ2v) is 5.50. The minimum atomic E-state index is -0.342. The molecule has 8 heteroatoms. The number of hydrogen-bond acceptors (Lipinski definition) is 4. The van der Waals surface area contributed by atoms with Crippen molar-refractivity contribution in [3.63, 3.8) is 0 Å². The van der Waals surface area contributed by atoms with Crippen LogP contribution in [-0.4, -0.2) is 30.6 Å². The van der Waals surface area contributed by atoms with Crippen molar-refractivity contribution >= 4 is 27.5 Å². The van der Waals surface area contributed by atoms with Crippen LogP contribution in [0.1, 0.15) is 10.5 Å². The Balaban J connectivity index is 1.69. The molecule has 2 aromatic heterocycles. The van der Waals surface area contributed by atoms with Gasteiger partial charge in [0.25, 0.3) is 5.91 Å². The first kappa shape index (κ1) is 14.3. The first-order chi connectivity index (χ1) is 10.6. The maximum Gasteiger partial charge on any atom is 0.276 e. The van der Waals surface area contributed by atoms with Crippen molar-refractivity contribution in [2.24, 2.45) is 0 Å². The number of carbonyl (C=O) groups excluding carboxylic acids is 1. The summed E-state index contributed by atoms with van der Waals surface area (Å²) in [7, 11) is 0. The summed E-state index contributed by atoms with van der Waals surface area (Å²) >= 11 is 3.32. The first-order valence-electron chi connectivity index (χ1n) is 6.42. The molecule has 2 heterocycles. The molecule has 0 atom stereocenters. The summed E-state index contributed by atoms with van der Waals surface area (Å²) in [5, 5.41) is 20.4. The number of amides is 1. The Hall–Kier alpha value is -2.61. The molecular formula is C14H12BrN5O2. The van der Waals surface area contributed by atoms with Crippen molar-refractivity contribution in [1.82, 2.24) is 19.6 Å². The fraction of sp³-hybridized carbons (Fsp3) is 0.0714. The zero-order valence-corrected chi connectivity index (χ0v) is 12.9. The molecule has 112 valence electrons. The van der Waals surface area contributed by atoms with Gasteiger partial charge in [-0.15, -0.1) is 0 Å². The summed E-state index contributed by atoms with van der Waals surface area (Å²) in [6, 6.07) is 7.97. The minimum Gasteiger partial charge on any atom is -0.508 e. The lowest BCUT2D eigenvalue weighted by Crippen LogP contribution is -2.14. The number of anilines is 1. The van der Waals surface area contributed by atoms with Crippen molar-refractivity contribution in [3.8, 4) is 5.75 Å². The molecule has 1 aromatic carbocycles. The maximum atomic E-state index is 12.1. The molecule has 3 rings (SSSR count). The van der Waals surface area contributed by atoms with Gasteiger partial charge in [0.2, 0.25) is 0 Å². The number of rotatable bonds is 4. The van der Waals surface area contributed by atoms with Crippen LogP contribution in [0.25, 0.3) is 0 Å². The number of benzene rings is 1. The Morgan fingerprint density at radius 3 is 2.91 bits per heavy atom. The fourth-order valence-electron chi connectivity index (χ4n) is 1.90. The fourth-order valence-corrected chi connectivity index (χ4v) is 2.23. The topological polar surface area (TPSA) is 85.0 Å². The minimum absolute atomic E-state index is 0.0904. The monoisotopic (exact) mass is 361 g/mol. The molecule has 0 saturated heterocycles. The molecular weight excluding hydrogens is 350 g/mol. The van der Waals surface area contributed by atoms with E-state index < -0.39 is 0 Å². The Morgan fingerprint density at radius 2 is 2.18 bits per heavy atom. The van der Waals surface area contributed by atoms with Crippen LogP contribution < -0.4 is 5.32 Å². The van der Waals surface area contributed by atoms with Crippen LogP contribution in [0.2, 0.25) is 0 Å². The number of phenols is 1. The van der Waals surface area contributed by atoms with Crippen LogP contribution in [0, 0.1) is 0 Å². The van der Waals surface area contributed by atoms with Crippen LogP contribution in [-0.2, 0) is 6.67 Å². The van der Waals surface area contributed by atoms with E-state index in [4.69, 9.17) is 0 Å². The summed E-state index contributed by atoms with van der Waals surface area (Å²) in [5.74, 6) is -0.251. The summed E-state index contributed by atoms with van der Waals surface area (Å²) in [6.45, 7) is 0.408. The van der Waals surface area contributed by atoms with Gasteiger partial charge in [0.15, 0.2) is 5.69 Å². The standard InChI is InChI=1S/C14H12BrN5O2/c15-10-7-16-20(8-10)9-19-5-4-13(18-19)14(22)17-11-2-1-3-12(21)6-11/h1-8,21H,9H2,(H,17,22). The van der Waals surface area contributed by atoms with E-state index in [-0.39, 0.29) is 17.4 Å². The van der Waals surface area contributed by atoms with Gasteiger partial charge in [0, 0.05) is 24.1 Å². The van der Waals surface area contributed by atoms with E-state index in [0.717, 1.165) is 4.47 Å². The zero-order chi connectivity index (χ0) is 15.5. The lowest BCUT2D eigenvalue weighted by Gasteiger charge is -2.04. The molecule has 22 heavy (non-hydrogen) atoms. The molecule has 0 radical (unpaired) electrons. The highest BCUT2D eigenvalue weighted by atomic mass is 79.9. The Morgan fingerprint density at radius 1 is 1.32 bits per heavy atom. The average molecular weight is 362 g/mol. The molecule has 0 bridgehead atoms. The Bertz CT molecular complexity index is 811. The van der Waals surface area contributed by atoms with E-state index in [2.05, 4.69) is 31.4 Å². The summed E-state index contributed by atoms with van der Waals surface area (Å²) in [5.41, 5.74) is 0.796. The highest BCUT2D eigenvalue weighted by Gasteiger charge is 2.10. The van der Waals surface area contributed by atoms with E-state index in [1.807, 2.05) is 6.20 Å². The van der Waals surface area contributed by atoms with Gasteiger partial charge in [0.05, 0.1) is 10.7 Å². The Kier molecular flexibility index (Phi) is 3.92. The van der Waals surface area contributed by atoms with Gasteiger partial charge < -0.3 is 10.4 Å². The third-order valence-corrected chi connectivity index (χ3v) is 3.28. The summed E-state index contributed by atoms with van der Waals surface area (Å²) in [6.07, 6.45) is 5.19. The van der Waals surface area contributed by atoms with Crippen LogP contribution in [0.15, 0.2) is 53.4 Å². The van der Waals surface area contributed by atoms with Gasteiger partial charge >= 0.3 is 0 Å². The molecule has 0 spiro atoms. The van der Waals surface area contributed by atoms with Crippen molar-refractivity contribution in [3.05, 3.63) is 59.1 Å². The van der Waals surface area contributed by atoms with Crippen molar-refractivity contribution in [1.29, 1.82) is 0 Å². The van der Waals surface area contributed by atoms with Gasteiger partial charge in [-0.25, -0.2) is 4.68 Å². The van der Waals surface area contributed by atoms with Crippen LogP contribution >= 0.6 is 15.9 Å². The number of carbonyl (C=O) groups is 1. The molecule has 0 aliphatic carbocycles. The highest BCUT2D eigenvalue weighted by molar-refractivity contribution is 9.10. The van der Waals surface area contributed by atoms with E-state index in [1.165, 1.54) is 12.1 Å². The van der Waals surface area contributed by atoms with Crippen molar-refractivity contribution < 1.29 is 9.90 Å². The molecule has 0 fully saturated rings. The van der Waals surface area contributed by atoms with Crippen LogP contribution in [0.3, 0.4) is 0 Å². The SMILES string of the molecule is O=C(Nc1cccc(O)c1)c1ccn(Cn2cc(Br)cn2)n1. The third-order valence-electron chi connectivity index (χ3n) is 2.87. The lowest BCUT2D eigenvalue weighted by molar-refractivity contribution is 0.102. The van der Waals surface area contributed by atoms with Gasteiger partial charge in [-0.2, -0.15) is 10.2 Å². The second kappa shape index (κ2) is 6.02. The van der Waals surface area contributed by atoms with E-state index >= 15 is 0 Å². The smallest absolute Gasteiger partial charge is 0.276 e. The Labute approximate surface area is 134 Å². The molecule has 0 aliphatic rings. The molecule has 0 saturated carbocycles. The predicted molar refractivity (Wildman–Crippen MR) is 83.6 cm³/mol. The number of aromatic nitrogens is 4. The normalized spacial score (nSPS) is 10.6. The number of halogens is 1. The van der Waals surface area contributed by atoms with Gasteiger partial charge in [-0.3, -0.25) is 9.48 Å². The van der Waals surface area contributed by atoms with E-state index in [9.17, 15) is 9.90 Å². The molecule has 0 aliphatic heterocycles. The summed E-state index contributed by atoms with van der Waals surface area (Å²) < 4.78 is 4.17.